The maximum atomic E-state index is 11.0. The first-order valence-electron chi connectivity index (χ1n) is 6.30. The van der Waals surface area contributed by atoms with Gasteiger partial charge in [0, 0.05) is 17.1 Å². The minimum Gasteiger partial charge on any atom is -0.379 e. The van der Waals surface area contributed by atoms with Crippen molar-refractivity contribution in [3.63, 3.8) is 0 Å². The topological polar surface area (TPSA) is 55.2 Å². The van der Waals surface area contributed by atoms with Crippen molar-refractivity contribution in [1.29, 1.82) is 0 Å². The Morgan fingerprint density at radius 1 is 1.25 bits per heavy atom. The van der Waals surface area contributed by atoms with Crippen LogP contribution in [0.3, 0.4) is 0 Å². The van der Waals surface area contributed by atoms with Gasteiger partial charge in [-0.25, -0.2) is 0 Å². The van der Waals surface area contributed by atoms with Crippen molar-refractivity contribution in [1.82, 2.24) is 0 Å². The minimum atomic E-state index is -0.372. The van der Waals surface area contributed by atoms with Crippen molar-refractivity contribution in [3.8, 4) is 0 Å². The molecule has 5 heteroatoms. The van der Waals surface area contributed by atoms with Crippen LogP contribution in [0.25, 0.3) is 0 Å². The maximum absolute atomic E-state index is 11.0. The third-order valence-electron chi connectivity index (χ3n) is 3.13. The van der Waals surface area contributed by atoms with Crippen LogP contribution in [0, 0.1) is 17.0 Å². The van der Waals surface area contributed by atoms with Crippen LogP contribution in [-0.4, -0.2) is 11.5 Å². The average molecular weight is 335 g/mol. The van der Waals surface area contributed by atoms with E-state index in [1.54, 1.807) is 12.1 Å². The van der Waals surface area contributed by atoms with Gasteiger partial charge in [-0.05, 0) is 36.6 Å². The Balaban J connectivity index is 2.06. The summed E-state index contributed by atoms with van der Waals surface area (Å²) in [4.78, 5) is 10.6. The largest absolute Gasteiger partial charge is 0.379 e. The van der Waals surface area contributed by atoms with Crippen molar-refractivity contribution < 1.29 is 4.92 Å². The van der Waals surface area contributed by atoms with E-state index in [9.17, 15) is 10.1 Å². The molecule has 0 atom stereocenters. The van der Waals surface area contributed by atoms with Gasteiger partial charge >= 0.3 is 0 Å². The molecule has 0 aromatic heterocycles. The summed E-state index contributed by atoms with van der Waals surface area (Å²) in [5, 5.41) is 14.1. The zero-order chi connectivity index (χ0) is 14.5. The van der Waals surface area contributed by atoms with Gasteiger partial charge < -0.3 is 5.32 Å². The van der Waals surface area contributed by atoms with E-state index in [0.717, 1.165) is 10.9 Å². The van der Waals surface area contributed by atoms with Gasteiger partial charge in [-0.15, -0.1) is 0 Å². The molecule has 0 unspecified atom stereocenters. The number of nitrogens with zero attached hydrogens (tertiary/aromatic N) is 1. The Morgan fingerprint density at radius 3 is 2.70 bits per heavy atom. The second kappa shape index (κ2) is 6.52. The third-order valence-corrected chi connectivity index (χ3v) is 3.62. The predicted octanol–water partition coefficient (Wildman–Crippen LogP) is 4.32. The number of nitro groups is 1. The molecule has 104 valence electrons. The van der Waals surface area contributed by atoms with E-state index in [4.69, 9.17) is 0 Å². The Hall–Kier alpha value is -1.88. The molecular formula is C15H15BrN2O2. The van der Waals surface area contributed by atoms with Gasteiger partial charge in [0.05, 0.1) is 4.92 Å². The molecule has 0 bridgehead atoms. The van der Waals surface area contributed by atoms with E-state index in [2.05, 4.69) is 40.3 Å². The third kappa shape index (κ3) is 3.57. The molecule has 0 saturated carbocycles. The predicted molar refractivity (Wildman–Crippen MR) is 84.2 cm³/mol. The summed E-state index contributed by atoms with van der Waals surface area (Å²) in [6, 6.07) is 13.1. The molecule has 2 rings (SSSR count). The summed E-state index contributed by atoms with van der Waals surface area (Å²) in [6.07, 6.45) is 0.830. The Morgan fingerprint density at radius 2 is 2.00 bits per heavy atom. The lowest BCUT2D eigenvalue weighted by atomic mass is 10.1. The molecule has 0 amide bonds. The fourth-order valence-electron chi connectivity index (χ4n) is 2.03. The average Bonchev–Trinajstić information content (AvgIpc) is 2.41. The summed E-state index contributed by atoms with van der Waals surface area (Å²) in [5.74, 6) is 0. The fraction of sp³-hybridized carbons (Fsp3) is 0.200. The van der Waals surface area contributed by atoms with Gasteiger partial charge in [0.2, 0.25) is 0 Å². The number of rotatable bonds is 5. The molecule has 0 heterocycles. The molecule has 4 nitrogen and oxygen atoms in total. The second-order valence-electron chi connectivity index (χ2n) is 4.52. The normalized spacial score (nSPS) is 10.3. The second-order valence-corrected chi connectivity index (χ2v) is 5.44. The summed E-state index contributed by atoms with van der Waals surface area (Å²) < 4.78 is 0.821. The number of nitro benzene ring substituents is 1. The maximum Gasteiger partial charge on any atom is 0.292 e. The van der Waals surface area contributed by atoms with Crippen LogP contribution in [0.5, 0.6) is 0 Å². The van der Waals surface area contributed by atoms with E-state index in [1.165, 1.54) is 17.2 Å². The summed E-state index contributed by atoms with van der Waals surface area (Å²) in [7, 11) is 0. The van der Waals surface area contributed by atoms with E-state index < -0.39 is 0 Å². The summed E-state index contributed by atoms with van der Waals surface area (Å²) >= 11 is 3.33. The monoisotopic (exact) mass is 334 g/mol. The van der Waals surface area contributed by atoms with Crippen LogP contribution in [0.2, 0.25) is 0 Å². The number of aryl methyl sites for hydroxylation is 1. The highest BCUT2D eigenvalue weighted by molar-refractivity contribution is 9.10. The molecule has 0 aliphatic heterocycles. The lowest BCUT2D eigenvalue weighted by Gasteiger charge is -2.09. The van der Waals surface area contributed by atoms with Crippen LogP contribution in [0.4, 0.5) is 11.4 Å². The van der Waals surface area contributed by atoms with Crippen LogP contribution in [0.1, 0.15) is 11.1 Å². The molecule has 1 N–H and O–H groups in total. The number of benzene rings is 2. The van der Waals surface area contributed by atoms with Gasteiger partial charge in [-0.1, -0.05) is 40.2 Å². The van der Waals surface area contributed by atoms with Crippen molar-refractivity contribution in [2.45, 2.75) is 13.3 Å². The zero-order valence-electron chi connectivity index (χ0n) is 11.1. The van der Waals surface area contributed by atoms with E-state index in [0.29, 0.717) is 12.2 Å². The van der Waals surface area contributed by atoms with Gasteiger partial charge in [0.1, 0.15) is 5.69 Å². The Bertz CT molecular complexity index is 629. The first-order chi connectivity index (χ1) is 9.58. The molecule has 20 heavy (non-hydrogen) atoms. The molecule has 2 aromatic carbocycles. The summed E-state index contributed by atoms with van der Waals surface area (Å²) in [5.41, 5.74) is 3.12. The van der Waals surface area contributed by atoms with Crippen LogP contribution in [0.15, 0.2) is 46.9 Å². The molecule has 0 saturated heterocycles. The molecule has 0 aliphatic rings. The number of nitrogens with one attached hydrogen (secondary N) is 1. The molecule has 0 fully saturated rings. The highest BCUT2D eigenvalue weighted by Gasteiger charge is 2.13. The van der Waals surface area contributed by atoms with Crippen LogP contribution >= 0.6 is 15.9 Å². The molecule has 0 aliphatic carbocycles. The number of hydrogen-bond acceptors (Lipinski definition) is 3. The van der Waals surface area contributed by atoms with Crippen molar-refractivity contribution >= 4 is 27.3 Å². The van der Waals surface area contributed by atoms with E-state index >= 15 is 0 Å². The van der Waals surface area contributed by atoms with Gasteiger partial charge in [-0.3, -0.25) is 10.1 Å². The Labute approximate surface area is 126 Å². The highest BCUT2D eigenvalue weighted by atomic mass is 79.9. The van der Waals surface area contributed by atoms with Gasteiger partial charge in [0.15, 0.2) is 0 Å². The van der Waals surface area contributed by atoms with Crippen LogP contribution in [-0.2, 0) is 6.42 Å². The molecule has 0 radical (unpaired) electrons. The lowest BCUT2D eigenvalue weighted by molar-refractivity contribution is -0.384. The zero-order valence-corrected chi connectivity index (χ0v) is 12.7. The van der Waals surface area contributed by atoms with Gasteiger partial charge in [0.25, 0.3) is 5.69 Å². The minimum absolute atomic E-state index is 0.0954. The quantitative estimate of drug-likeness (QED) is 0.654. The van der Waals surface area contributed by atoms with Crippen LogP contribution < -0.4 is 5.32 Å². The van der Waals surface area contributed by atoms with Crippen molar-refractivity contribution in [2.75, 3.05) is 11.9 Å². The Kier molecular flexibility index (Phi) is 4.74. The number of anilines is 1. The van der Waals surface area contributed by atoms with Crippen molar-refractivity contribution in [2.24, 2.45) is 0 Å². The molecule has 0 spiro atoms. The summed E-state index contributed by atoms with van der Waals surface area (Å²) in [6.45, 7) is 2.72. The first-order valence-corrected chi connectivity index (χ1v) is 7.09. The fourth-order valence-corrected chi connectivity index (χ4v) is 2.39. The number of halogens is 1. The van der Waals surface area contributed by atoms with Gasteiger partial charge in [-0.2, -0.15) is 0 Å². The standard InChI is InChI=1S/C15H15BrN2O2/c1-11-4-2-3-5-12(11)8-9-17-14-10-13(16)6-7-15(14)18(19)20/h2-7,10,17H,8-9H2,1H3. The number of hydrogen-bond donors (Lipinski definition) is 1. The first kappa shape index (κ1) is 14.5. The smallest absolute Gasteiger partial charge is 0.292 e. The lowest BCUT2D eigenvalue weighted by Crippen LogP contribution is -2.07. The SMILES string of the molecule is Cc1ccccc1CCNc1cc(Br)ccc1[N+](=O)[O-]. The molecule has 2 aromatic rings. The molecular weight excluding hydrogens is 320 g/mol. The highest BCUT2D eigenvalue weighted by Crippen LogP contribution is 2.27. The van der Waals surface area contributed by atoms with Crippen molar-refractivity contribution in [3.05, 3.63) is 68.2 Å². The van der Waals surface area contributed by atoms with E-state index in [1.807, 2.05) is 12.1 Å². The van der Waals surface area contributed by atoms with E-state index in [-0.39, 0.29) is 10.6 Å².